The summed E-state index contributed by atoms with van der Waals surface area (Å²) in [6.45, 7) is 1.05. The molecule has 0 saturated carbocycles. The lowest BCUT2D eigenvalue weighted by atomic mass is 10.1. The predicted octanol–water partition coefficient (Wildman–Crippen LogP) is 4.62. The average molecular weight is 539 g/mol. The SMILES string of the molecule is CCOC(=O)COc1c(Cl)cc(/C=C2/SC(=O)N(CC(=O)Nc3ccccc3Cl)C2=O)cc1OC. The van der Waals surface area contributed by atoms with Crippen LogP contribution in [-0.2, 0) is 19.1 Å². The molecule has 0 unspecified atom stereocenters. The second-order valence-corrected chi connectivity index (χ2v) is 8.73. The van der Waals surface area contributed by atoms with Gasteiger partial charge in [0.05, 0.1) is 34.4 Å². The molecule has 12 heteroatoms. The fourth-order valence-electron chi connectivity index (χ4n) is 2.98. The first-order valence-corrected chi connectivity index (χ1v) is 11.8. The van der Waals surface area contributed by atoms with E-state index < -0.39 is 29.6 Å². The molecule has 9 nitrogen and oxygen atoms in total. The Kier molecular flexibility index (Phi) is 9.02. The fraction of sp³-hybridized carbons (Fsp3) is 0.217. The topological polar surface area (TPSA) is 111 Å². The first-order chi connectivity index (χ1) is 16.7. The van der Waals surface area contributed by atoms with E-state index in [1.54, 1.807) is 31.2 Å². The molecule has 1 heterocycles. The van der Waals surface area contributed by atoms with Crippen molar-refractivity contribution in [1.82, 2.24) is 4.90 Å². The van der Waals surface area contributed by atoms with Crippen molar-refractivity contribution in [3.63, 3.8) is 0 Å². The molecule has 0 aromatic heterocycles. The molecule has 184 valence electrons. The number of benzene rings is 2. The third-order valence-corrected chi connectivity index (χ3v) is 6.03. The van der Waals surface area contributed by atoms with E-state index in [9.17, 15) is 19.2 Å². The number of hydrogen-bond donors (Lipinski definition) is 1. The maximum absolute atomic E-state index is 12.8. The number of carbonyl (C=O) groups excluding carboxylic acids is 4. The van der Waals surface area contributed by atoms with Gasteiger partial charge in [-0.1, -0.05) is 35.3 Å². The van der Waals surface area contributed by atoms with Crippen LogP contribution in [0, 0.1) is 0 Å². The van der Waals surface area contributed by atoms with Gasteiger partial charge >= 0.3 is 5.97 Å². The third-order valence-electron chi connectivity index (χ3n) is 4.51. The second kappa shape index (κ2) is 12.0. The third kappa shape index (κ3) is 6.68. The van der Waals surface area contributed by atoms with Gasteiger partial charge in [-0.2, -0.15) is 0 Å². The van der Waals surface area contributed by atoms with Crippen LogP contribution in [0.5, 0.6) is 11.5 Å². The van der Waals surface area contributed by atoms with Crippen molar-refractivity contribution >= 4 is 69.8 Å². The van der Waals surface area contributed by atoms with Gasteiger partial charge < -0.3 is 19.5 Å². The number of anilines is 1. The van der Waals surface area contributed by atoms with E-state index in [0.29, 0.717) is 28.0 Å². The van der Waals surface area contributed by atoms with E-state index in [1.165, 1.54) is 25.3 Å². The van der Waals surface area contributed by atoms with Crippen LogP contribution >= 0.6 is 35.0 Å². The van der Waals surface area contributed by atoms with Gasteiger partial charge in [-0.05, 0) is 54.6 Å². The van der Waals surface area contributed by atoms with Crippen molar-refractivity contribution in [3.05, 3.63) is 56.9 Å². The van der Waals surface area contributed by atoms with E-state index >= 15 is 0 Å². The highest BCUT2D eigenvalue weighted by molar-refractivity contribution is 8.18. The standard InChI is InChI=1S/C23H20Cl2N2O7S/c1-3-33-20(29)12-34-21-15(25)8-13(9-17(21)32-2)10-18-22(30)27(23(31)35-18)11-19(28)26-16-7-5-4-6-14(16)24/h4-10H,3,11-12H2,1-2H3,(H,26,28)/b18-10+. The summed E-state index contributed by atoms with van der Waals surface area (Å²) < 4.78 is 15.5. The summed E-state index contributed by atoms with van der Waals surface area (Å²) in [5, 5.41) is 2.43. The highest BCUT2D eigenvalue weighted by Gasteiger charge is 2.36. The molecule has 1 fully saturated rings. The normalized spacial score (nSPS) is 14.3. The van der Waals surface area contributed by atoms with Crippen molar-refractivity contribution in [2.24, 2.45) is 0 Å². The minimum Gasteiger partial charge on any atom is -0.493 e. The van der Waals surface area contributed by atoms with Crippen LogP contribution in [0.4, 0.5) is 10.5 Å². The van der Waals surface area contributed by atoms with Crippen molar-refractivity contribution in [2.75, 3.05) is 32.2 Å². The Bertz CT molecular complexity index is 1200. The quantitative estimate of drug-likeness (QED) is 0.363. The number of carbonyl (C=O) groups is 4. The molecule has 35 heavy (non-hydrogen) atoms. The molecule has 0 bridgehead atoms. The number of hydrogen-bond acceptors (Lipinski definition) is 8. The van der Waals surface area contributed by atoms with E-state index in [-0.39, 0.29) is 34.6 Å². The average Bonchev–Trinajstić information content (AvgIpc) is 3.07. The molecular weight excluding hydrogens is 519 g/mol. The lowest BCUT2D eigenvalue weighted by Gasteiger charge is -2.13. The lowest BCUT2D eigenvalue weighted by molar-refractivity contribution is -0.145. The van der Waals surface area contributed by atoms with Gasteiger partial charge in [0.2, 0.25) is 5.91 Å². The minimum absolute atomic E-state index is 0.0962. The van der Waals surface area contributed by atoms with Crippen LogP contribution in [0.3, 0.4) is 0 Å². The van der Waals surface area contributed by atoms with Crippen LogP contribution in [0.1, 0.15) is 12.5 Å². The van der Waals surface area contributed by atoms with Gasteiger partial charge in [-0.15, -0.1) is 0 Å². The molecule has 0 radical (unpaired) electrons. The molecule has 1 aliphatic heterocycles. The Labute approximate surface area is 215 Å². The van der Waals surface area contributed by atoms with Crippen molar-refractivity contribution in [1.29, 1.82) is 0 Å². The molecular formula is C23H20Cl2N2O7S. The van der Waals surface area contributed by atoms with E-state index in [4.69, 9.17) is 37.4 Å². The molecule has 1 saturated heterocycles. The van der Waals surface area contributed by atoms with Crippen LogP contribution in [0.25, 0.3) is 6.08 Å². The fourth-order valence-corrected chi connectivity index (χ4v) is 4.28. The maximum Gasteiger partial charge on any atom is 0.344 e. The maximum atomic E-state index is 12.8. The first kappa shape index (κ1) is 26.4. The van der Waals surface area contributed by atoms with Crippen molar-refractivity contribution < 1.29 is 33.4 Å². The number of imide groups is 1. The number of rotatable bonds is 9. The molecule has 3 amide bonds. The first-order valence-electron chi connectivity index (χ1n) is 10.2. The number of esters is 1. The monoisotopic (exact) mass is 538 g/mol. The number of nitrogens with one attached hydrogen (secondary N) is 1. The molecule has 0 aliphatic carbocycles. The van der Waals surface area contributed by atoms with Crippen LogP contribution in [-0.4, -0.2) is 54.8 Å². The summed E-state index contributed by atoms with van der Waals surface area (Å²) >= 11 is 13.0. The number of methoxy groups -OCH3 is 1. The number of amides is 3. The smallest absolute Gasteiger partial charge is 0.344 e. The van der Waals surface area contributed by atoms with E-state index in [1.807, 2.05) is 0 Å². The largest absolute Gasteiger partial charge is 0.493 e. The molecule has 1 N–H and O–H groups in total. The van der Waals surface area contributed by atoms with Crippen molar-refractivity contribution in [2.45, 2.75) is 6.92 Å². The van der Waals surface area contributed by atoms with Crippen LogP contribution < -0.4 is 14.8 Å². The Hall–Kier alpha value is -3.21. The molecule has 3 rings (SSSR count). The number of para-hydroxylation sites is 1. The van der Waals surface area contributed by atoms with Gasteiger partial charge in [0.25, 0.3) is 11.1 Å². The van der Waals surface area contributed by atoms with Gasteiger partial charge in [0.1, 0.15) is 6.54 Å². The predicted molar refractivity (Wildman–Crippen MR) is 133 cm³/mol. The Morgan fingerprint density at radius 3 is 2.57 bits per heavy atom. The second-order valence-electron chi connectivity index (χ2n) is 6.92. The highest BCUT2D eigenvalue weighted by Crippen LogP contribution is 2.39. The minimum atomic E-state index is -0.632. The van der Waals surface area contributed by atoms with E-state index in [0.717, 1.165) is 4.90 Å². The Morgan fingerprint density at radius 2 is 1.89 bits per heavy atom. The lowest BCUT2D eigenvalue weighted by Crippen LogP contribution is -2.36. The van der Waals surface area contributed by atoms with Crippen molar-refractivity contribution in [3.8, 4) is 11.5 Å². The zero-order chi connectivity index (χ0) is 25.5. The number of ether oxygens (including phenoxy) is 3. The summed E-state index contributed by atoms with van der Waals surface area (Å²) in [5.41, 5.74) is 0.815. The molecule has 2 aromatic rings. The Morgan fingerprint density at radius 1 is 1.14 bits per heavy atom. The summed E-state index contributed by atoms with van der Waals surface area (Å²) in [6.07, 6.45) is 1.44. The molecule has 0 spiro atoms. The van der Waals surface area contributed by atoms with Gasteiger partial charge in [0.15, 0.2) is 18.1 Å². The zero-order valence-corrected chi connectivity index (χ0v) is 21.0. The zero-order valence-electron chi connectivity index (χ0n) is 18.6. The molecule has 2 aromatic carbocycles. The number of nitrogens with zero attached hydrogens (tertiary/aromatic N) is 1. The van der Waals surface area contributed by atoms with Gasteiger partial charge in [0, 0.05) is 0 Å². The summed E-state index contributed by atoms with van der Waals surface area (Å²) in [7, 11) is 1.39. The number of thioether (sulfide) groups is 1. The van der Waals surface area contributed by atoms with Gasteiger partial charge in [-0.25, -0.2) is 4.79 Å². The number of halogens is 2. The molecule has 1 aliphatic rings. The molecule has 0 atom stereocenters. The van der Waals surface area contributed by atoms with Crippen LogP contribution in [0.2, 0.25) is 10.0 Å². The van der Waals surface area contributed by atoms with Gasteiger partial charge in [-0.3, -0.25) is 19.3 Å². The summed E-state index contributed by atoms with van der Waals surface area (Å²) in [4.78, 5) is 50.0. The van der Waals surface area contributed by atoms with E-state index in [2.05, 4.69) is 5.32 Å². The highest BCUT2D eigenvalue weighted by atomic mass is 35.5. The van der Waals surface area contributed by atoms with Crippen LogP contribution in [0.15, 0.2) is 41.3 Å². The summed E-state index contributed by atoms with van der Waals surface area (Å²) in [5.74, 6) is -1.43. The summed E-state index contributed by atoms with van der Waals surface area (Å²) in [6, 6.07) is 9.63. The Balaban J connectivity index is 1.73.